The molecule has 2 rings (SSSR count). The van der Waals surface area contributed by atoms with E-state index in [1.807, 2.05) is 0 Å². The summed E-state index contributed by atoms with van der Waals surface area (Å²) in [6.45, 7) is 4.94. The van der Waals surface area contributed by atoms with Crippen molar-refractivity contribution in [2.45, 2.75) is 26.3 Å². The minimum Gasteiger partial charge on any atom is -0.354 e. The lowest BCUT2D eigenvalue weighted by atomic mass is 10.1. The number of carbonyl (C=O) groups excluding carboxylic acids is 1. The molecule has 3 nitrogen and oxygen atoms in total. The van der Waals surface area contributed by atoms with Crippen molar-refractivity contribution < 1.29 is 4.79 Å². The lowest BCUT2D eigenvalue weighted by molar-refractivity contribution is -0.122. The van der Waals surface area contributed by atoms with Crippen molar-refractivity contribution >= 4 is 23.7 Å². The maximum absolute atomic E-state index is 11.7. The first-order chi connectivity index (χ1) is 9.66. The molecule has 1 heterocycles. The predicted octanol–water partition coefficient (Wildman–Crippen LogP) is 2.49. The summed E-state index contributed by atoms with van der Waals surface area (Å²) in [5.41, 5.74) is 3.84. The molecular formula is C16H22N2OS. The normalized spacial score (nSPS) is 18.6. The molecule has 1 atom stereocenters. The molecule has 0 saturated carbocycles. The van der Waals surface area contributed by atoms with Gasteiger partial charge in [-0.15, -0.1) is 11.8 Å². The third-order valence-electron chi connectivity index (χ3n) is 3.48. The summed E-state index contributed by atoms with van der Waals surface area (Å²) in [6, 6.07) is 6.44. The van der Waals surface area contributed by atoms with Crippen LogP contribution in [0.5, 0.6) is 0 Å². The highest BCUT2D eigenvalue weighted by Crippen LogP contribution is 2.11. The molecule has 0 aromatic heterocycles. The van der Waals surface area contributed by atoms with Crippen LogP contribution in [0.3, 0.4) is 0 Å². The molecule has 0 bridgehead atoms. The molecule has 2 N–H and O–H groups in total. The van der Waals surface area contributed by atoms with Crippen molar-refractivity contribution in [2.75, 3.05) is 18.2 Å². The van der Waals surface area contributed by atoms with E-state index < -0.39 is 0 Å². The molecule has 0 spiro atoms. The van der Waals surface area contributed by atoms with E-state index in [0.29, 0.717) is 6.54 Å². The summed E-state index contributed by atoms with van der Waals surface area (Å²) in [5.74, 6) is 1.88. The Bertz CT molecular complexity index is 493. The van der Waals surface area contributed by atoms with Gasteiger partial charge in [0.1, 0.15) is 0 Å². The zero-order valence-electron chi connectivity index (χ0n) is 12.1. The fraction of sp³-hybridized carbons (Fsp3) is 0.438. The number of benzene rings is 1. The molecule has 4 heteroatoms. The van der Waals surface area contributed by atoms with Crippen LogP contribution in [0.4, 0.5) is 0 Å². The van der Waals surface area contributed by atoms with Crippen LogP contribution in [0.15, 0.2) is 24.3 Å². The van der Waals surface area contributed by atoms with Crippen LogP contribution in [0.25, 0.3) is 6.08 Å². The van der Waals surface area contributed by atoms with Gasteiger partial charge in [0.2, 0.25) is 5.91 Å². The van der Waals surface area contributed by atoms with Crippen LogP contribution in [-0.2, 0) is 4.79 Å². The molecule has 20 heavy (non-hydrogen) atoms. The van der Waals surface area contributed by atoms with E-state index in [9.17, 15) is 4.79 Å². The third-order valence-corrected chi connectivity index (χ3v) is 4.42. The zero-order valence-corrected chi connectivity index (χ0v) is 12.9. The topological polar surface area (TPSA) is 41.1 Å². The lowest BCUT2D eigenvalue weighted by Gasteiger charge is -2.09. The summed E-state index contributed by atoms with van der Waals surface area (Å²) in [4.78, 5) is 11.7. The molecule has 1 amide bonds. The van der Waals surface area contributed by atoms with Gasteiger partial charge in [-0.3, -0.25) is 10.1 Å². The average Bonchev–Trinajstić information content (AvgIpc) is 2.96. The Morgan fingerprint density at radius 1 is 1.45 bits per heavy atom. The first-order valence-electron chi connectivity index (χ1n) is 6.99. The summed E-state index contributed by atoms with van der Waals surface area (Å²) in [5, 5.41) is 6.13. The molecule has 108 valence electrons. The predicted molar refractivity (Wildman–Crippen MR) is 86.8 cm³/mol. The third kappa shape index (κ3) is 4.39. The van der Waals surface area contributed by atoms with Crippen molar-refractivity contribution in [3.63, 3.8) is 0 Å². The van der Waals surface area contributed by atoms with Gasteiger partial charge in [-0.1, -0.05) is 30.4 Å². The fourth-order valence-electron chi connectivity index (χ4n) is 2.05. The molecule has 1 aromatic carbocycles. The summed E-state index contributed by atoms with van der Waals surface area (Å²) >= 11 is 1.77. The Morgan fingerprint density at radius 3 is 3.00 bits per heavy atom. The largest absolute Gasteiger partial charge is 0.354 e. The van der Waals surface area contributed by atoms with E-state index in [1.165, 1.54) is 16.7 Å². The van der Waals surface area contributed by atoms with Gasteiger partial charge in [0, 0.05) is 18.2 Å². The van der Waals surface area contributed by atoms with Gasteiger partial charge in [-0.05, 0) is 37.0 Å². The summed E-state index contributed by atoms with van der Waals surface area (Å²) in [7, 11) is 0. The number of thioether (sulfide) groups is 1. The van der Waals surface area contributed by atoms with E-state index >= 15 is 0 Å². The Morgan fingerprint density at radius 2 is 2.30 bits per heavy atom. The molecule has 1 aliphatic rings. The maximum atomic E-state index is 11.7. The second-order valence-corrected chi connectivity index (χ2v) is 6.13. The van der Waals surface area contributed by atoms with E-state index in [1.54, 1.807) is 11.8 Å². The Kier molecular flexibility index (Phi) is 5.68. The van der Waals surface area contributed by atoms with Crippen molar-refractivity contribution in [1.82, 2.24) is 10.6 Å². The van der Waals surface area contributed by atoms with Crippen molar-refractivity contribution in [3.05, 3.63) is 41.0 Å². The standard InChI is InChI=1S/C16H22N2OS/c1-12-6-7-14(9-13(12)2)5-3-4-8-17-16(19)15-10-20-11-18-15/h3,5-7,9,15,18H,4,8,10-11H2,1-2H3,(H,17,19)/b5-3+. The zero-order chi connectivity index (χ0) is 14.4. The molecule has 1 aliphatic heterocycles. The molecule has 1 unspecified atom stereocenters. The van der Waals surface area contributed by atoms with Gasteiger partial charge in [0.25, 0.3) is 0 Å². The van der Waals surface area contributed by atoms with Gasteiger partial charge in [-0.2, -0.15) is 0 Å². The average molecular weight is 290 g/mol. The maximum Gasteiger partial charge on any atom is 0.238 e. The first-order valence-corrected chi connectivity index (χ1v) is 8.15. The molecular weight excluding hydrogens is 268 g/mol. The quantitative estimate of drug-likeness (QED) is 0.819. The SMILES string of the molecule is Cc1ccc(/C=C/CCNC(=O)C2CSCN2)cc1C. The van der Waals surface area contributed by atoms with Crippen LogP contribution in [0, 0.1) is 13.8 Å². The van der Waals surface area contributed by atoms with Gasteiger partial charge in [-0.25, -0.2) is 0 Å². The number of carbonyl (C=O) groups is 1. The Hall–Kier alpha value is -1.26. The van der Waals surface area contributed by atoms with Crippen molar-refractivity contribution in [2.24, 2.45) is 0 Å². The highest BCUT2D eigenvalue weighted by molar-refractivity contribution is 7.99. The molecule has 1 fully saturated rings. The Balaban J connectivity index is 1.71. The highest BCUT2D eigenvalue weighted by Gasteiger charge is 2.21. The van der Waals surface area contributed by atoms with Crippen LogP contribution in [0.1, 0.15) is 23.1 Å². The molecule has 1 aromatic rings. The Labute approximate surface area is 125 Å². The molecule has 0 radical (unpaired) electrons. The number of hydrogen-bond donors (Lipinski definition) is 2. The minimum absolute atomic E-state index is 0.0104. The van der Waals surface area contributed by atoms with Gasteiger partial charge < -0.3 is 5.32 Å². The molecule has 1 saturated heterocycles. The number of amides is 1. The van der Waals surface area contributed by atoms with Crippen LogP contribution in [0.2, 0.25) is 0 Å². The van der Waals surface area contributed by atoms with Crippen molar-refractivity contribution in [1.29, 1.82) is 0 Å². The van der Waals surface area contributed by atoms with Gasteiger partial charge in [0.05, 0.1) is 6.04 Å². The van der Waals surface area contributed by atoms with E-state index in [4.69, 9.17) is 0 Å². The number of nitrogens with one attached hydrogen (secondary N) is 2. The minimum atomic E-state index is -0.0104. The first kappa shape index (κ1) is 15.1. The monoisotopic (exact) mass is 290 g/mol. The summed E-state index contributed by atoms with van der Waals surface area (Å²) in [6.07, 6.45) is 5.09. The van der Waals surface area contributed by atoms with Crippen LogP contribution < -0.4 is 10.6 Å². The fourth-order valence-corrected chi connectivity index (χ4v) is 3.00. The number of hydrogen-bond acceptors (Lipinski definition) is 3. The van der Waals surface area contributed by atoms with E-state index in [0.717, 1.165) is 18.1 Å². The van der Waals surface area contributed by atoms with Crippen LogP contribution in [-0.4, -0.2) is 30.1 Å². The smallest absolute Gasteiger partial charge is 0.238 e. The van der Waals surface area contributed by atoms with Crippen LogP contribution >= 0.6 is 11.8 Å². The lowest BCUT2D eigenvalue weighted by Crippen LogP contribution is -2.42. The van der Waals surface area contributed by atoms with E-state index in [2.05, 4.69) is 54.8 Å². The summed E-state index contributed by atoms with van der Waals surface area (Å²) < 4.78 is 0. The van der Waals surface area contributed by atoms with Gasteiger partial charge >= 0.3 is 0 Å². The van der Waals surface area contributed by atoms with Gasteiger partial charge in [0.15, 0.2) is 0 Å². The highest BCUT2D eigenvalue weighted by atomic mass is 32.2. The van der Waals surface area contributed by atoms with Crippen molar-refractivity contribution in [3.8, 4) is 0 Å². The van der Waals surface area contributed by atoms with E-state index in [-0.39, 0.29) is 11.9 Å². The number of rotatable bonds is 5. The molecule has 0 aliphatic carbocycles. The second kappa shape index (κ2) is 7.50. The number of aryl methyl sites for hydroxylation is 2. The second-order valence-electron chi connectivity index (χ2n) is 5.10.